The third kappa shape index (κ3) is 3.89. The molecular formula is C17H23F3N4O3. The van der Waals surface area contributed by atoms with Gasteiger partial charge in [-0.15, -0.1) is 0 Å². The molecule has 2 aliphatic heterocycles. The van der Waals surface area contributed by atoms with Gasteiger partial charge >= 0.3 is 12.3 Å². The van der Waals surface area contributed by atoms with Crippen LogP contribution < -0.4 is 0 Å². The number of likely N-dealkylation sites (tertiary alicyclic amines) is 1. The van der Waals surface area contributed by atoms with Crippen LogP contribution in [-0.4, -0.2) is 63.3 Å². The minimum Gasteiger partial charge on any atom is -0.441 e. The van der Waals surface area contributed by atoms with Crippen molar-refractivity contribution in [3.05, 3.63) is 17.5 Å². The number of nitrogens with one attached hydrogen (secondary N) is 1. The minimum atomic E-state index is -4.58. The number of carbonyl (C=O) groups excluding carboxylic acids is 2. The van der Waals surface area contributed by atoms with Crippen molar-refractivity contribution in [3.8, 4) is 0 Å². The first-order valence-electron chi connectivity index (χ1n) is 9.07. The van der Waals surface area contributed by atoms with Crippen molar-refractivity contribution in [2.45, 2.75) is 57.3 Å². The number of H-pyrrole nitrogens is 1. The molecule has 3 rings (SSSR count). The van der Waals surface area contributed by atoms with E-state index in [0.29, 0.717) is 32.5 Å². The van der Waals surface area contributed by atoms with E-state index < -0.39 is 23.4 Å². The van der Waals surface area contributed by atoms with E-state index in [2.05, 4.69) is 12.0 Å². The standard InChI is InChI=1S/C17H23F3N4O3/c1-3-4-11(2)24-10-16(27-15(24)26)5-7-23(8-6-16)14(25)12-9-13(22-21-12)17(18,19)20/h9,11H,3-8,10H2,1-2H3,(H,21,22). The number of piperidine rings is 1. The zero-order valence-electron chi connectivity index (χ0n) is 15.3. The molecule has 2 aliphatic rings. The average Bonchev–Trinajstić information content (AvgIpc) is 3.21. The first kappa shape index (κ1) is 19.5. The number of aromatic amines is 1. The molecule has 150 valence electrons. The molecule has 10 heteroatoms. The number of aromatic nitrogens is 2. The molecule has 0 radical (unpaired) electrons. The summed E-state index contributed by atoms with van der Waals surface area (Å²) in [5, 5.41) is 5.34. The van der Waals surface area contributed by atoms with E-state index in [4.69, 9.17) is 4.74 Å². The summed E-state index contributed by atoms with van der Waals surface area (Å²) in [5.74, 6) is -0.558. The normalized spacial score (nSPS) is 20.9. The molecule has 27 heavy (non-hydrogen) atoms. The SMILES string of the molecule is CCCC(C)N1CC2(CCN(C(=O)c3cc(C(F)(F)F)[nH]n3)CC2)OC1=O. The van der Waals surface area contributed by atoms with Gasteiger partial charge in [-0.2, -0.15) is 18.3 Å². The van der Waals surface area contributed by atoms with Crippen molar-refractivity contribution in [1.82, 2.24) is 20.0 Å². The number of ether oxygens (including phenoxy) is 1. The Morgan fingerprint density at radius 3 is 2.63 bits per heavy atom. The van der Waals surface area contributed by atoms with Crippen molar-refractivity contribution in [2.75, 3.05) is 19.6 Å². The summed E-state index contributed by atoms with van der Waals surface area (Å²) >= 11 is 0. The Balaban J connectivity index is 1.61. The van der Waals surface area contributed by atoms with Crippen LogP contribution >= 0.6 is 0 Å². The van der Waals surface area contributed by atoms with Crippen molar-refractivity contribution in [3.63, 3.8) is 0 Å². The van der Waals surface area contributed by atoms with Crippen LogP contribution in [0.15, 0.2) is 6.07 Å². The zero-order chi connectivity index (χ0) is 19.8. The van der Waals surface area contributed by atoms with Gasteiger partial charge in [0.1, 0.15) is 11.3 Å². The average molecular weight is 388 g/mol. The lowest BCUT2D eigenvalue weighted by atomic mass is 9.90. The molecule has 1 unspecified atom stereocenters. The second kappa shape index (κ2) is 7.05. The van der Waals surface area contributed by atoms with Gasteiger partial charge in [-0.3, -0.25) is 9.89 Å². The van der Waals surface area contributed by atoms with Gasteiger partial charge in [0.25, 0.3) is 5.91 Å². The molecule has 0 bridgehead atoms. The monoisotopic (exact) mass is 388 g/mol. The Bertz CT molecular complexity index is 711. The Kier molecular flexibility index (Phi) is 5.09. The molecule has 0 aliphatic carbocycles. The number of hydrogen-bond donors (Lipinski definition) is 1. The van der Waals surface area contributed by atoms with Gasteiger partial charge < -0.3 is 14.5 Å². The highest BCUT2D eigenvalue weighted by molar-refractivity contribution is 5.92. The second-order valence-corrected chi connectivity index (χ2v) is 7.27. The number of carbonyl (C=O) groups is 2. The molecule has 1 atom stereocenters. The first-order chi connectivity index (χ1) is 12.6. The predicted octanol–water partition coefficient (Wildman–Crippen LogP) is 3.04. The molecule has 7 nitrogen and oxygen atoms in total. The van der Waals surface area contributed by atoms with Crippen molar-refractivity contribution in [1.29, 1.82) is 0 Å². The van der Waals surface area contributed by atoms with Crippen LogP contribution in [0.2, 0.25) is 0 Å². The van der Waals surface area contributed by atoms with Crippen molar-refractivity contribution in [2.24, 2.45) is 0 Å². The van der Waals surface area contributed by atoms with Crippen molar-refractivity contribution >= 4 is 12.0 Å². The van der Waals surface area contributed by atoms with Gasteiger partial charge in [0.05, 0.1) is 6.54 Å². The summed E-state index contributed by atoms with van der Waals surface area (Å²) in [7, 11) is 0. The summed E-state index contributed by atoms with van der Waals surface area (Å²) in [6, 6.07) is 0.808. The maximum Gasteiger partial charge on any atom is 0.432 e. The summed E-state index contributed by atoms with van der Waals surface area (Å²) < 4.78 is 43.6. The van der Waals surface area contributed by atoms with Gasteiger partial charge in [-0.05, 0) is 13.3 Å². The number of rotatable bonds is 4. The van der Waals surface area contributed by atoms with Crippen LogP contribution in [0.5, 0.6) is 0 Å². The molecule has 3 heterocycles. The largest absolute Gasteiger partial charge is 0.441 e. The topological polar surface area (TPSA) is 78.5 Å². The van der Waals surface area contributed by atoms with Gasteiger partial charge in [-0.1, -0.05) is 13.3 Å². The van der Waals surface area contributed by atoms with Gasteiger partial charge in [0.2, 0.25) is 0 Å². The fourth-order valence-corrected chi connectivity index (χ4v) is 3.68. The zero-order valence-corrected chi connectivity index (χ0v) is 15.3. The van der Waals surface area contributed by atoms with Crippen LogP contribution in [0.25, 0.3) is 0 Å². The summed E-state index contributed by atoms with van der Waals surface area (Å²) in [4.78, 5) is 27.8. The Morgan fingerprint density at radius 2 is 2.07 bits per heavy atom. The fraction of sp³-hybridized carbons (Fsp3) is 0.706. The molecule has 0 saturated carbocycles. The molecule has 1 aromatic rings. The van der Waals surface area contributed by atoms with E-state index in [9.17, 15) is 22.8 Å². The Labute approximate surface area is 154 Å². The van der Waals surface area contributed by atoms with Crippen molar-refractivity contribution < 1.29 is 27.5 Å². The molecule has 1 spiro atoms. The number of hydrogen-bond acceptors (Lipinski definition) is 4. The lowest BCUT2D eigenvalue weighted by Gasteiger charge is -2.37. The van der Waals surface area contributed by atoms with E-state index >= 15 is 0 Å². The van der Waals surface area contributed by atoms with E-state index in [-0.39, 0.29) is 17.8 Å². The Hall–Kier alpha value is -2.26. The lowest BCUT2D eigenvalue weighted by Crippen LogP contribution is -2.49. The summed E-state index contributed by atoms with van der Waals surface area (Å²) in [5.41, 5.74) is -1.94. The molecule has 2 saturated heterocycles. The summed E-state index contributed by atoms with van der Waals surface area (Å²) in [6.07, 6.45) is -2.15. The highest BCUT2D eigenvalue weighted by atomic mass is 19.4. The van der Waals surface area contributed by atoms with E-state index in [1.807, 2.05) is 12.0 Å². The highest BCUT2D eigenvalue weighted by Gasteiger charge is 2.48. The van der Waals surface area contributed by atoms with E-state index in [1.54, 1.807) is 4.90 Å². The van der Waals surface area contributed by atoms with Crippen LogP contribution in [0.3, 0.4) is 0 Å². The quantitative estimate of drug-likeness (QED) is 0.860. The first-order valence-corrected chi connectivity index (χ1v) is 9.07. The molecule has 1 aromatic heterocycles. The van der Waals surface area contributed by atoms with Gasteiger partial charge in [0, 0.05) is 38.0 Å². The molecule has 0 aromatic carbocycles. The second-order valence-electron chi connectivity index (χ2n) is 7.27. The van der Waals surface area contributed by atoms with E-state index in [0.717, 1.165) is 18.9 Å². The Morgan fingerprint density at radius 1 is 1.41 bits per heavy atom. The minimum absolute atomic E-state index is 0.0892. The molecule has 2 amide bonds. The number of alkyl halides is 3. The third-order valence-electron chi connectivity index (χ3n) is 5.30. The maximum atomic E-state index is 12.7. The molecule has 2 fully saturated rings. The highest BCUT2D eigenvalue weighted by Crippen LogP contribution is 2.35. The molecule has 1 N–H and O–H groups in total. The summed E-state index contributed by atoms with van der Waals surface area (Å²) in [6.45, 7) is 5.12. The number of nitrogens with zero attached hydrogens (tertiary/aromatic N) is 3. The van der Waals surface area contributed by atoms with Gasteiger partial charge in [0.15, 0.2) is 5.69 Å². The maximum absolute atomic E-state index is 12.7. The third-order valence-corrected chi connectivity index (χ3v) is 5.30. The fourth-order valence-electron chi connectivity index (χ4n) is 3.68. The number of halogens is 3. The van der Waals surface area contributed by atoms with Crippen LogP contribution in [0, 0.1) is 0 Å². The smallest absolute Gasteiger partial charge is 0.432 e. The van der Waals surface area contributed by atoms with Crippen LogP contribution in [-0.2, 0) is 10.9 Å². The lowest BCUT2D eigenvalue weighted by molar-refractivity contribution is -0.141. The van der Waals surface area contributed by atoms with Gasteiger partial charge in [-0.25, -0.2) is 4.79 Å². The molecular weight excluding hydrogens is 365 g/mol. The number of amides is 2. The predicted molar refractivity (Wildman–Crippen MR) is 89.0 cm³/mol. The van der Waals surface area contributed by atoms with E-state index in [1.165, 1.54) is 4.90 Å². The van der Waals surface area contributed by atoms with Crippen LogP contribution in [0.4, 0.5) is 18.0 Å². The van der Waals surface area contributed by atoms with Crippen LogP contribution in [0.1, 0.15) is 55.7 Å².